The third-order valence-electron chi connectivity index (χ3n) is 5.25. The summed E-state index contributed by atoms with van der Waals surface area (Å²) in [5.41, 5.74) is 1.25. The van der Waals surface area contributed by atoms with Gasteiger partial charge in [-0.1, -0.05) is 0 Å². The first-order chi connectivity index (χ1) is 14.7. The average Bonchev–Trinajstić information content (AvgIpc) is 3.20. The minimum atomic E-state index is -0.148. The zero-order valence-corrected chi connectivity index (χ0v) is 17.3. The Hall–Kier alpha value is -3.36. The van der Waals surface area contributed by atoms with Crippen molar-refractivity contribution in [3.8, 4) is 11.5 Å². The lowest BCUT2D eigenvalue weighted by atomic mass is 10.1. The number of hydrogen-bond donors (Lipinski definition) is 1. The summed E-state index contributed by atoms with van der Waals surface area (Å²) in [4.78, 5) is 14.8. The highest BCUT2D eigenvalue weighted by Crippen LogP contribution is 2.29. The standard InChI is InChI=1S/C21H26N6O3/c1-29-15-6-7-17(30-2)16(14-15)22-21(28)11-10-19-24-23-18-8-9-20(25-27(18)19)26-12-4-3-5-13-26/h6-9,14H,3-5,10-13H2,1-2H3,(H,22,28). The van der Waals surface area contributed by atoms with E-state index in [-0.39, 0.29) is 12.3 Å². The molecule has 1 saturated heterocycles. The van der Waals surface area contributed by atoms with Crippen LogP contribution in [0.3, 0.4) is 0 Å². The predicted octanol–water partition coefficient (Wildman–Crippen LogP) is 2.70. The molecule has 3 heterocycles. The van der Waals surface area contributed by atoms with Gasteiger partial charge < -0.3 is 19.7 Å². The van der Waals surface area contributed by atoms with Gasteiger partial charge in [0.25, 0.3) is 0 Å². The average molecular weight is 410 g/mol. The van der Waals surface area contributed by atoms with Crippen molar-refractivity contribution in [1.29, 1.82) is 0 Å². The predicted molar refractivity (Wildman–Crippen MR) is 113 cm³/mol. The van der Waals surface area contributed by atoms with Gasteiger partial charge in [-0.15, -0.1) is 15.3 Å². The second kappa shape index (κ2) is 8.98. The van der Waals surface area contributed by atoms with Crippen molar-refractivity contribution in [3.05, 3.63) is 36.2 Å². The van der Waals surface area contributed by atoms with Crippen LogP contribution in [0, 0.1) is 0 Å². The van der Waals surface area contributed by atoms with Gasteiger partial charge in [0.2, 0.25) is 5.91 Å². The molecule has 9 heteroatoms. The van der Waals surface area contributed by atoms with Crippen LogP contribution in [0.1, 0.15) is 31.5 Å². The first kappa shape index (κ1) is 19.9. The molecule has 1 aromatic carbocycles. The molecular weight excluding hydrogens is 384 g/mol. The molecule has 1 aliphatic heterocycles. The lowest BCUT2D eigenvalue weighted by Crippen LogP contribution is -2.30. The van der Waals surface area contributed by atoms with Crippen molar-refractivity contribution >= 4 is 23.1 Å². The van der Waals surface area contributed by atoms with Crippen LogP contribution < -0.4 is 19.7 Å². The number of rotatable bonds is 7. The largest absolute Gasteiger partial charge is 0.497 e. The number of nitrogens with one attached hydrogen (secondary N) is 1. The Morgan fingerprint density at radius 3 is 2.67 bits per heavy atom. The van der Waals surface area contributed by atoms with Gasteiger partial charge in [-0.05, 0) is 43.5 Å². The maximum atomic E-state index is 12.5. The van der Waals surface area contributed by atoms with E-state index in [0.29, 0.717) is 35.1 Å². The van der Waals surface area contributed by atoms with Gasteiger partial charge in [0, 0.05) is 32.0 Å². The van der Waals surface area contributed by atoms with Gasteiger partial charge in [0.15, 0.2) is 11.5 Å². The quantitative estimate of drug-likeness (QED) is 0.640. The number of hydrogen-bond acceptors (Lipinski definition) is 7. The van der Waals surface area contributed by atoms with Crippen LogP contribution >= 0.6 is 0 Å². The van der Waals surface area contributed by atoms with Crippen LogP contribution in [0.25, 0.3) is 5.65 Å². The van der Waals surface area contributed by atoms with Crippen molar-refractivity contribution in [1.82, 2.24) is 19.8 Å². The molecule has 30 heavy (non-hydrogen) atoms. The topological polar surface area (TPSA) is 93.9 Å². The number of amides is 1. The highest BCUT2D eigenvalue weighted by Gasteiger charge is 2.16. The van der Waals surface area contributed by atoms with Gasteiger partial charge in [-0.2, -0.15) is 4.52 Å². The zero-order valence-electron chi connectivity index (χ0n) is 17.3. The summed E-state index contributed by atoms with van der Waals surface area (Å²) < 4.78 is 12.3. The van der Waals surface area contributed by atoms with E-state index in [0.717, 1.165) is 18.9 Å². The summed E-state index contributed by atoms with van der Waals surface area (Å²) in [5, 5.41) is 16.0. The van der Waals surface area contributed by atoms with E-state index < -0.39 is 0 Å². The van der Waals surface area contributed by atoms with E-state index in [1.165, 1.54) is 19.3 Å². The summed E-state index contributed by atoms with van der Waals surface area (Å²) in [6, 6.07) is 9.18. The first-order valence-electron chi connectivity index (χ1n) is 10.2. The van der Waals surface area contributed by atoms with Gasteiger partial charge in [-0.25, -0.2) is 0 Å². The van der Waals surface area contributed by atoms with E-state index in [1.54, 1.807) is 36.9 Å². The molecule has 1 aliphatic rings. The molecule has 1 fully saturated rings. The van der Waals surface area contributed by atoms with E-state index in [4.69, 9.17) is 14.6 Å². The molecule has 158 valence electrons. The third-order valence-corrected chi connectivity index (χ3v) is 5.25. The Morgan fingerprint density at radius 2 is 1.90 bits per heavy atom. The highest BCUT2D eigenvalue weighted by molar-refractivity contribution is 5.92. The van der Waals surface area contributed by atoms with Gasteiger partial charge >= 0.3 is 0 Å². The summed E-state index contributed by atoms with van der Waals surface area (Å²) in [6.45, 7) is 2.03. The van der Waals surface area contributed by atoms with Crippen LogP contribution in [0.4, 0.5) is 11.5 Å². The van der Waals surface area contributed by atoms with Crippen molar-refractivity contribution in [2.45, 2.75) is 32.1 Å². The summed E-state index contributed by atoms with van der Waals surface area (Å²) in [5.74, 6) is 2.66. The minimum absolute atomic E-state index is 0.148. The fourth-order valence-corrected chi connectivity index (χ4v) is 3.62. The number of benzene rings is 1. The molecule has 9 nitrogen and oxygen atoms in total. The fourth-order valence-electron chi connectivity index (χ4n) is 3.62. The summed E-state index contributed by atoms with van der Waals surface area (Å²) in [6.07, 6.45) is 4.31. The number of aryl methyl sites for hydroxylation is 1. The van der Waals surface area contributed by atoms with E-state index >= 15 is 0 Å². The Morgan fingerprint density at radius 1 is 1.07 bits per heavy atom. The molecule has 0 spiro atoms. The van der Waals surface area contributed by atoms with E-state index in [1.807, 2.05) is 12.1 Å². The lowest BCUT2D eigenvalue weighted by molar-refractivity contribution is -0.116. The Labute approximate surface area is 175 Å². The van der Waals surface area contributed by atoms with Crippen LogP contribution in [0.15, 0.2) is 30.3 Å². The molecule has 0 unspecified atom stereocenters. The molecule has 4 rings (SSSR count). The normalized spacial score (nSPS) is 14.0. The molecule has 3 aromatic rings. The number of piperidine rings is 1. The Kier molecular flexibility index (Phi) is 5.97. The van der Waals surface area contributed by atoms with E-state index in [2.05, 4.69) is 20.4 Å². The monoisotopic (exact) mass is 410 g/mol. The maximum absolute atomic E-state index is 12.5. The number of nitrogens with zero attached hydrogens (tertiary/aromatic N) is 5. The van der Waals surface area contributed by atoms with Gasteiger partial charge in [-0.3, -0.25) is 4.79 Å². The second-order valence-electron chi connectivity index (χ2n) is 7.24. The SMILES string of the molecule is COc1ccc(OC)c(NC(=O)CCc2nnc3ccc(N4CCCCC4)nn23)c1. The van der Waals surface area contributed by atoms with Crippen molar-refractivity contribution < 1.29 is 14.3 Å². The number of fused-ring (bicyclic) bond motifs is 1. The number of aromatic nitrogens is 4. The maximum Gasteiger partial charge on any atom is 0.224 e. The number of methoxy groups -OCH3 is 2. The smallest absolute Gasteiger partial charge is 0.224 e. The molecule has 0 radical (unpaired) electrons. The van der Waals surface area contributed by atoms with Gasteiger partial charge in [0.05, 0.1) is 19.9 Å². The first-order valence-corrected chi connectivity index (χ1v) is 10.2. The Bertz CT molecular complexity index is 1030. The summed E-state index contributed by atoms with van der Waals surface area (Å²) >= 11 is 0. The minimum Gasteiger partial charge on any atom is -0.497 e. The molecule has 1 amide bonds. The van der Waals surface area contributed by atoms with Crippen LogP contribution in [-0.2, 0) is 11.2 Å². The Balaban J connectivity index is 1.45. The number of carbonyl (C=O) groups is 1. The molecule has 2 aromatic heterocycles. The van der Waals surface area contributed by atoms with Crippen LogP contribution in [0.5, 0.6) is 11.5 Å². The van der Waals surface area contributed by atoms with Crippen molar-refractivity contribution in [2.75, 3.05) is 37.5 Å². The fraction of sp³-hybridized carbons (Fsp3) is 0.429. The zero-order chi connectivity index (χ0) is 20.9. The number of carbonyl (C=O) groups excluding carboxylic acids is 1. The third kappa shape index (κ3) is 4.29. The number of ether oxygens (including phenoxy) is 2. The molecule has 0 aliphatic carbocycles. The molecule has 0 saturated carbocycles. The number of anilines is 2. The molecule has 0 bridgehead atoms. The van der Waals surface area contributed by atoms with Gasteiger partial charge in [0.1, 0.15) is 17.3 Å². The molecule has 0 atom stereocenters. The highest BCUT2D eigenvalue weighted by atomic mass is 16.5. The van der Waals surface area contributed by atoms with Crippen LogP contribution in [-0.4, -0.2) is 53.0 Å². The van der Waals surface area contributed by atoms with Crippen molar-refractivity contribution in [2.24, 2.45) is 0 Å². The molecule has 1 N–H and O–H groups in total. The second-order valence-corrected chi connectivity index (χ2v) is 7.24. The van der Waals surface area contributed by atoms with E-state index in [9.17, 15) is 4.79 Å². The summed E-state index contributed by atoms with van der Waals surface area (Å²) in [7, 11) is 3.14. The van der Waals surface area contributed by atoms with Crippen LogP contribution in [0.2, 0.25) is 0 Å². The molecular formula is C21H26N6O3. The lowest BCUT2D eigenvalue weighted by Gasteiger charge is -2.27. The van der Waals surface area contributed by atoms with Crippen molar-refractivity contribution in [3.63, 3.8) is 0 Å².